The van der Waals surface area contributed by atoms with Gasteiger partial charge in [-0.05, 0) is 56.4 Å². The molecule has 0 aromatic carbocycles. The first-order chi connectivity index (χ1) is 37.5. The van der Waals surface area contributed by atoms with Crippen LogP contribution in [0.1, 0.15) is 72.3 Å². The molecule has 4 aliphatic heterocycles. The van der Waals surface area contributed by atoms with Gasteiger partial charge in [0.25, 0.3) is 17.4 Å². The van der Waals surface area contributed by atoms with Crippen LogP contribution in [-0.2, 0) is 67.9 Å². The second-order valence-corrected chi connectivity index (χ2v) is 22.7. The van der Waals surface area contributed by atoms with E-state index in [0.29, 0.717) is 30.4 Å². The van der Waals surface area contributed by atoms with Gasteiger partial charge in [-0.25, -0.2) is 42.7 Å². The number of nitrogens with zero attached hydrogens (tertiary/aromatic N) is 6. The van der Waals surface area contributed by atoms with Crippen molar-refractivity contribution in [3.05, 3.63) is 57.9 Å². The minimum Gasteiger partial charge on any atom is -0.449 e. The number of nitrogens with two attached hydrogens (primary N) is 1. The van der Waals surface area contributed by atoms with E-state index in [-0.39, 0.29) is 87.6 Å². The zero-order valence-corrected chi connectivity index (χ0v) is 44.9. The Morgan fingerprint density at radius 1 is 0.875 bits per heavy atom. The Morgan fingerprint density at radius 2 is 1.54 bits per heavy atom. The predicted octanol–water partition coefficient (Wildman–Crippen LogP) is 0.316. The number of phosphoric ester groups is 1. The maximum absolute atomic E-state index is 16.5. The summed E-state index contributed by atoms with van der Waals surface area (Å²) in [6.45, 7) is -2.06. The molecule has 0 bridgehead atoms. The molecule has 3 saturated heterocycles. The fourth-order valence-corrected chi connectivity index (χ4v) is 11.1. The molecule has 7 amide bonds. The standard InChI is InChI=1S/C43H59F2N13O18P2S.CH4/c1-22(2)31(47-12-4-3-5-15-56-27(60)9-10-28(56)61)38(63)53-23(8-6-13-49-41(46)64)37(62)48-14-7-17-70-43(66)55-35-32-36(51-20-50-35)58(21-52-32)40-29(44)33-25(74-40)19-72-78(69,79)76-34-24(18-71-77(67,68)75-33)73-39(30(34)45)57-16-11-26(59)54-42(57)65;/h9-11,16,20-25,29-31,33-34,39-40,47H,3-8,12-15,17-19H2,1-2H3,(H,48,62)(H,53,63)(H,67,68)(H,69,79)(H3,46,49,64)(H,54,59,65)(H,50,51,55,66);1H4/t23?,24-,25-,29-,30-,31?,33-,34-,39-,40-,78?;/m1./s1. The van der Waals surface area contributed by atoms with Gasteiger partial charge in [0, 0.05) is 44.0 Å². The van der Waals surface area contributed by atoms with Gasteiger partial charge < -0.3 is 55.5 Å². The number of carbonyl (C=O) groups is 6. The number of hydrogen-bond acceptors (Lipinski definition) is 21. The molecule has 4 aliphatic rings. The van der Waals surface area contributed by atoms with Gasteiger partial charge in [-0.15, -0.1) is 0 Å². The van der Waals surface area contributed by atoms with Crippen molar-refractivity contribution in [2.45, 2.75) is 121 Å². The molecule has 12 atom stereocenters. The van der Waals surface area contributed by atoms with Gasteiger partial charge in [-0.3, -0.25) is 61.9 Å². The summed E-state index contributed by atoms with van der Waals surface area (Å²) >= 11 is 5.11. The molecule has 80 heavy (non-hydrogen) atoms. The van der Waals surface area contributed by atoms with E-state index in [0.717, 1.165) is 34.4 Å². The van der Waals surface area contributed by atoms with Crippen molar-refractivity contribution in [1.82, 2.24) is 55.2 Å². The number of alkyl halides is 2. The zero-order valence-electron chi connectivity index (χ0n) is 42.3. The number of carbonyl (C=O) groups excluding carboxylic acids is 6. The van der Waals surface area contributed by atoms with E-state index in [4.69, 9.17) is 49.8 Å². The van der Waals surface area contributed by atoms with Crippen molar-refractivity contribution < 1.29 is 84.2 Å². The summed E-state index contributed by atoms with van der Waals surface area (Å²) in [6.07, 6.45) is -8.53. The van der Waals surface area contributed by atoms with Gasteiger partial charge in [0.1, 0.15) is 36.8 Å². The number of aromatic nitrogens is 6. The number of nitrogens with one attached hydrogen (secondary N) is 6. The lowest BCUT2D eigenvalue weighted by atomic mass is 10.0. The van der Waals surface area contributed by atoms with Crippen LogP contribution >= 0.6 is 14.5 Å². The Hall–Kier alpha value is -6.03. The minimum atomic E-state index is -5.29. The number of unbranched alkanes of at least 4 members (excludes halogenated alkanes) is 2. The summed E-state index contributed by atoms with van der Waals surface area (Å²) in [4.78, 5) is 136. The molecule has 36 heteroatoms. The van der Waals surface area contributed by atoms with Crippen LogP contribution in [0.3, 0.4) is 0 Å². The number of halogens is 2. The third kappa shape index (κ3) is 16.3. The van der Waals surface area contributed by atoms with Crippen LogP contribution in [-0.4, -0.2) is 174 Å². The van der Waals surface area contributed by atoms with Crippen LogP contribution in [0.2, 0.25) is 0 Å². The van der Waals surface area contributed by atoms with Gasteiger partial charge in [-0.2, -0.15) is 0 Å². The fraction of sp³-hybridized carbons (Fsp3) is 0.614. The molecule has 0 aliphatic carbocycles. The monoisotopic (exact) mass is 1190 g/mol. The minimum absolute atomic E-state index is 0. The molecule has 3 aromatic rings. The smallest absolute Gasteiger partial charge is 0.449 e. The quantitative estimate of drug-likeness (QED) is 0.0371. The van der Waals surface area contributed by atoms with Crippen molar-refractivity contribution in [3.63, 3.8) is 0 Å². The van der Waals surface area contributed by atoms with Gasteiger partial charge in [0.2, 0.25) is 11.8 Å². The maximum Gasteiger partial charge on any atom is 0.472 e. The molecule has 4 unspecified atom stereocenters. The fourth-order valence-electron chi connectivity index (χ4n) is 8.68. The van der Waals surface area contributed by atoms with Gasteiger partial charge in [0.05, 0.1) is 32.2 Å². The highest BCUT2D eigenvalue weighted by molar-refractivity contribution is 8.07. The Bertz CT molecular complexity index is 2960. The molecule has 0 spiro atoms. The molecule has 442 valence electrons. The molecule has 10 N–H and O–H groups in total. The normalized spacial score (nSPS) is 27.5. The first kappa shape index (κ1) is 63.2. The topological polar surface area (TPSA) is 412 Å². The number of fused-ring (bicyclic) bond motifs is 3. The number of urea groups is 1. The Morgan fingerprint density at radius 3 is 2.21 bits per heavy atom. The van der Waals surface area contributed by atoms with Crippen LogP contribution in [0, 0.1) is 5.92 Å². The Labute approximate surface area is 459 Å². The molecule has 3 fully saturated rings. The number of imide groups is 1. The van der Waals surface area contributed by atoms with Gasteiger partial charge in [0.15, 0.2) is 41.8 Å². The number of phosphoric acid groups is 1. The lowest BCUT2D eigenvalue weighted by Crippen LogP contribution is -2.54. The zero-order chi connectivity index (χ0) is 57.2. The van der Waals surface area contributed by atoms with Crippen LogP contribution in [0.4, 0.5) is 24.2 Å². The molecular formula is C44H63F2N13O18P2S. The maximum atomic E-state index is 16.5. The van der Waals surface area contributed by atoms with Crippen LogP contribution in [0.15, 0.2) is 46.7 Å². The third-order valence-corrected chi connectivity index (χ3v) is 15.1. The summed E-state index contributed by atoms with van der Waals surface area (Å²) in [7, 11) is -5.29. The van der Waals surface area contributed by atoms with Gasteiger partial charge in [-0.1, -0.05) is 27.7 Å². The Balaban J connectivity index is 0.0000103. The Kier molecular flexibility index (Phi) is 22.2. The van der Waals surface area contributed by atoms with Gasteiger partial charge >= 0.3 is 32.4 Å². The van der Waals surface area contributed by atoms with E-state index in [1.165, 1.54) is 12.2 Å². The lowest BCUT2D eigenvalue weighted by Gasteiger charge is -2.28. The number of rotatable bonds is 22. The summed E-state index contributed by atoms with van der Waals surface area (Å²) in [6, 6.07) is -1.57. The largest absolute Gasteiger partial charge is 0.472 e. The molecule has 0 saturated carbocycles. The highest BCUT2D eigenvalue weighted by Gasteiger charge is 2.54. The van der Waals surface area contributed by atoms with E-state index >= 15 is 8.78 Å². The average molecular weight is 1190 g/mol. The van der Waals surface area contributed by atoms with Crippen LogP contribution < -0.4 is 43.6 Å². The molecular weight excluding hydrogens is 1130 g/mol. The van der Waals surface area contributed by atoms with Crippen molar-refractivity contribution in [2.75, 3.05) is 51.3 Å². The number of aromatic amines is 1. The second kappa shape index (κ2) is 28.1. The van der Waals surface area contributed by atoms with E-state index < -0.39 is 124 Å². The molecule has 31 nitrogen and oxygen atoms in total. The van der Waals surface area contributed by atoms with Crippen molar-refractivity contribution >= 4 is 79.1 Å². The van der Waals surface area contributed by atoms with Crippen LogP contribution in [0.5, 0.6) is 0 Å². The number of ether oxygens (including phenoxy) is 3. The SMILES string of the molecule is C.CC(C)C(NCCCCCN1C(=O)C=CC1=O)C(=O)NC(CCCNC(N)=O)C(=O)NCCCOC(=O)Nc1ncnc2c1ncn2[C@@H]1O[C@@H]2COP(O)(=S)O[C@H]3[C@@H](F)[C@H](n4ccc(=O)[nH]c4=O)O[C@@H]3COP(=O)(O)O[C@H]2[C@H]1F. The number of anilines is 1. The summed E-state index contributed by atoms with van der Waals surface area (Å²) in [5.74, 6) is -2.08. The molecule has 0 radical (unpaired) electrons. The van der Waals surface area contributed by atoms with Crippen molar-refractivity contribution in [3.8, 4) is 0 Å². The highest BCUT2D eigenvalue weighted by atomic mass is 32.5. The number of amides is 7. The second-order valence-electron chi connectivity index (χ2n) is 18.5. The van der Waals surface area contributed by atoms with E-state index in [2.05, 4.69) is 41.5 Å². The molecule has 7 heterocycles. The van der Waals surface area contributed by atoms with E-state index in [1.807, 2.05) is 18.8 Å². The van der Waals surface area contributed by atoms with E-state index in [9.17, 15) is 52.7 Å². The van der Waals surface area contributed by atoms with Crippen molar-refractivity contribution in [2.24, 2.45) is 11.7 Å². The van der Waals surface area contributed by atoms with Crippen molar-refractivity contribution in [1.29, 1.82) is 0 Å². The summed E-state index contributed by atoms with van der Waals surface area (Å²) < 4.78 is 85.2. The summed E-state index contributed by atoms with van der Waals surface area (Å²) in [5.41, 5.74) is 3.07. The average Bonchev–Trinajstić information content (AvgIpc) is 4.16. The first-order valence-corrected chi connectivity index (χ1v) is 28.8. The number of H-pyrrole nitrogens is 1. The molecule has 3 aromatic heterocycles. The van der Waals surface area contributed by atoms with Crippen LogP contribution in [0.25, 0.3) is 11.2 Å². The highest BCUT2D eigenvalue weighted by Crippen LogP contribution is 2.54. The third-order valence-electron chi connectivity index (χ3n) is 12.6. The molecule has 7 rings (SSSR count). The first-order valence-electron chi connectivity index (χ1n) is 24.7. The number of imidazole rings is 1. The predicted molar refractivity (Wildman–Crippen MR) is 277 cm³/mol. The summed E-state index contributed by atoms with van der Waals surface area (Å²) in [5, 5.41) is 13.5. The number of hydrogen-bond donors (Lipinski definition) is 9. The number of primary amides is 1. The van der Waals surface area contributed by atoms with E-state index in [1.54, 1.807) is 0 Å². The lowest BCUT2D eigenvalue weighted by molar-refractivity contribution is -0.137.